The molecule has 1 saturated heterocycles. The van der Waals surface area contributed by atoms with Gasteiger partial charge >= 0.3 is 5.69 Å². The second-order valence-electron chi connectivity index (χ2n) is 3.70. The first kappa shape index (κ1) is 14.6. The molecule has 6 nitrogen and oxygen atoms in total. The summed E-state index contributed by atoms with van der Waals surface area (Å²) in [7, 11) is 0. The van der Waals surface area contributed by atoms with Crippen LogP contribution in [-0.2, 0) is 4.74 Å². The van der Waals surface area contributed by atoms with E-state index in [0.29, 0.717) is 6.61 Å². The van der Waals surface area contributed by atoms with Crippen molar-refractivity contribution in [3.63, 3.8) is 0 Å². The lowest BCUT2D eigenvalue weighted by atomic mass is 10.2. The Kier molecular flexibility index (Phi) is 4.83. The van der Waals surface area contributed by atoms with Crippen molar-refractivity contribution in [3.05, 3.63) is 34.1 Å². The van der Waals surface area contributed by atoms with Crippen LogP contribution in [0.3, 0.4) is 0 Å². The number of rotatable bonds is 3. The van der Waals surface area contributed by atoms with Crippen molar-refractivity contribution in [2.24, 2.45) is 5.73 Å². The Labute approximate surface area is 108 Å². The molecular weight excluding hydrogens is 267 g/mol. The van der Waals surface area contributed by atoms with Crippen LogP contribution in [0.1, 0.15) is 0 Å². The molecular formula is C10H12ClFN2O4. The van der Waals surface area contributed by atoms with E-state index in [1.807, 2.05) is 0 Å². The standard InChI is InChI=1S/C10H11FN2O4.ClH/c11-10-7(13(14)15)2-1-3-8(10)17-9-5-16-4-6(9)12;/h1-3,6,9H,4-5,12H2;1H/t6-,9+;/m0./s1. The van der Waals surface area contributed by atoms with Crippen LogP contribution in [0.2, 0.25) is 0 Å². The van der Waals surface area contributed by atoms with E-state index in [1.165, 1.54) is 12.1 Å². The number of halogens is 2. The molecule has 1 heterocycles. The second kappa shape index (κ2) is 5.94. The Balaban J connectivity index is 0.00000162. The molecule has 0 spiro atoms. The van der Waals surface area contributed by atoms with Crippen LogP contribution in [-0.4, -0.2) is 30.3 Å². The molecule has 0 saturated carbocycles. The molecule has 8 heteroatoms. The first-order valence-electron chi connectivity index (χ1n) is 5.02. The monoisotopic (exact) mass is 278 g/mol. The summed E-state index contributed by atoms with van der Waals surface area (Å²) < 4.78 is 24.0. The fourth-order valence-corrected chi connectivity index (χ4v) is 1.57. The number of nitro benzene ring substituents is 1. The van der Waals surface area contributed by atoms with Gasteiger partial charge in [-0.2, -0.15) is 4.39 Å². The molecule has 0 amide bonds. The van der Waals surface area contributed by atoms with Crippen molar-refractivity contribution in [3.8, 4) is 5.75 Å². The van der Waals surface area contributed by atoms with Gasteiger partial charge in [-0.25, -0.2) is 0 Å². The summed E-state index contributed by atoms with van der Waals surface area (Å²) in [5, 5.41) is 10.5. The van der Waals surface area contributed by atoms with Gasteiger partial charge < -0.3 is 15.2 Å². The molecule has 1 aliphatic heterocycles. The van der Waals surface area contributed by atoms with Gasteiger partial charge in [0.1, 0.15) is 6.10 Å². The maximum absolute atomic E-state index is 13.7. The average Bonchev–Trinajstić information content (AvgIpc) is 2.67. The molecule has 2 N–H and O–H groups in total. The Bertz CT molecular complexity index is 446. The van der Waals surface area contributed by atoms with E-state index in [-0.39, 0.29) is 30.8 Å². The number of hydrogen-bond donors (Lipinski definition) is 1. The molecule has 2 rings (SSSR count). The van der Waals surface area contributed by atoms with Crippen molar-refractivity contribution in [1.82, 2.24) is 0 Å². The molecule has 0 unspecified atom stereocenters. The third-order valence-electron chi connectivity index (χ3n) is 2.49. The minimum absolute atomic E-state index is 0. The maximum Gasteiger partial charge on any atom is 0.308 e. The third kappa shape index (κ3) is 2.87. The van der Waals surface area contributed by atoms with Gasteiger partial charge in [0.15, 0.2) is 5.75 Å². The van der Waals surface area contributed by atoms with Crippen molar-refractivity contribution in [2.75, 3.05) is 13.2 Å². The number of ether oxygens (including phenoxy) is 2. The SMILES string of the molecule is Cl.N[C@H]1COC[C@H]1Oc1cccc([N+](=O)[O-])c1F. The third-order valence-corrected chi connectivity index (χ3v) is 2.49. The minimum atomic E-state index is -0.989. The van der Waals surface area contributed by atoms with Crippen LogP contribution in [0.5, 0.6) is 5.75 Å². The van der Waals surface area contributed by atoms with Gasteiger partial charge in [0, 0.05) is 6.07 Å². The number of nitrogens with two attached hydrogens (primary N) is 1. The van der Waals surface area contributed by atoms with Gasteiger partial charge in [-0.3, -0.25) is 10.1 Å². The van der Waals surface area contributed by atoms with E-state index in [0.717, 1.165) is 6.07 Å². The van der Waals surface area contributed by atoms with E-state index in [2.05, 4.69) is 0 Å². The molecule has 18 heavy (non-hydrogen) atoms. The highest BCUT2D eigenvalue weighted by Gasteiger charge is 2.29. The molecule has 0 radical (unpaired) electrons. The van der Waals surface area contributed by atoms with E-state index in [9.17, 15) is 14.5 Å². The van der Waals surface area contributed by atoms with Gasteiger partial charge in [-0.05, 0) is 6.07 Å². The smallest absolute Gasteiger partial charge is 0.308 e. The Hall–Kier alpha value is -1.44. The normalized spacial score (nSPS) is 22.3. The lowest BCUT2D eigenvalue weighted by Crippen LogP contribution is -2.37. The van der Waals surface area contributed by atoms with E-state index < -0.39 is 22.5 Å². The van der Waals surface area contributed by atoms with Crippen LogP contribution in [0, 0.1) is 15.9 Å². The summed E-state index contributed by atoms with van der Waals surface area (Å²) in [6.45, 7) is 0.588. The summed E-state index contributed by atoms with van der Waals surface area (Å²) in [5.41, 5.74) is 5.05. The topological polar surface area (TPSA) is 87.6 Å². The molecule has 1 aromatic rings. The number of nitro groups is 1. The van der Waals surface area contributed by atoms with Crippen molar-refractivity contribution < 1.29 is 18.8 Å². The molecule has 0 bridgehead atoms. The second-order valence-corrected chi connectivity index (χ2v) is 3.70. The highest BCUT2D eigenvalue weighted by molar-refractivity contribution is 5.85. The highest BCUT2D eigenvalue weighted by Crippen LogP contribution is 2.27. The summed E-state index contributed by atoms with van der Waals surface area (Å²) in [4.78, 5) is 9.74. The predicted octanol–water partition coefficient (Wildman–Crippen LogP) is 1.26. The number of hydrogen-bond acceptors (Lipinski definition) is 5. The van der Waals surface area contributed by atoms with E-state index in [1.54, 1.807) is 0 Å². The van der Waals surface area contributed by atoms with Crippen LogP contribution >= 0.6 is 12.4 Å². The maximum atomic E-state index is 13.7. The lowest BCUT2D eigenvalue weighted by molar-refractivity contribution is -0.387. The van der Waals surface area contributed by atoms with Gasteiger partial charge in [0.2, 0.25) is 5.82 Å². The first-order chi connectivity index (χ1) is 8.09. The molecule has 1 aliphatic rings. The molecule has 100 valence electrons. The van der Waals surface area contributed by atoms with Crippen molar-refractivity contribution in [1.29, 1.82) is 0 Å². The van der Waals surface area contributed by atoms with Gasteiger partial charge in [0.25, 0.3) is 0 Å². The highest BCUT2D eigenvalue weighted by atomic mass is 35.5. The van der Waals surface area contributed by atoms with Gasteiger partial charge in [-0.1, -0.05) is 6.07 Å². The lowest BCUT2D eigenvalue weighted by Gasteiger charge is -2.16. The van der Waals surface area contributed by atoms with Crippen molar-refractivity contribution in [2.45, 2.75) is 12.1 Å². The summed E-state index contributed by atoms with van der Waals surface area (Å²) in [6, 6.07) is 3.41. The van der Waals surface area contributed by atoms with E-state index in [4.69, 9.17) is 15.2 Å². The molecule has 0 aromatic heterocycles. The minimum Gasteiger partial charge on any atom is -0.483 e. The molecule has 1 fully saturated rings. The zero-order valence-electron chi connectivity index (χ0n) is 9.24. The Morgan fingerprint density at radius 1 is 1.50 bits per heavy atom. The molecule has 1 aromatic carbocycles. The Morgan fingerprint density at radius 2 is 2.22 bits per heavy atom. The van der Waals surface area contributed by atoms with Crippen LogP contribution in [0.25, 0.3) is 0 Å². The first-order valence-corrected chi connectivity index (χ1v) is 5.02. The summed E-state index contributed by atoms with van der Waals surface area (Å²) in [6.07, 6.45) is -0.480. The number of benzene rings is 1. The largest absolute Gasteiger partial charge is 0.483 e. The quantitative estimate of drug-likeness (QED) is 0.664. The fourth-order valence-electron chi connectivity index (χ4n) is 1.57. The average molecular weight is 279 g/mol. The Morgan fingerprint density at radius 3 is 2.78 bits per heavy atom. The van der Waals surface area contributed by atoms with Crippen LogP contribution in [0.15, 0.2) is 18.2 Å². The zero-order valence-corrected chi connectivity index (χ0v) is 10.1. The number of nitrogens with zero attached hydrogens (tertiary/aromatic N) is 1. The molecule has 2 atom stereocenters. The molecule has 0 aliphatic carbocycles. The van der Waals surface area contributed by atoms with Crippen molar-refractivity contribution >= 4 is 18.1 Å². The summed E-state index contributed by atoms with van der Waals surface area (Å²) >= 11 is 0. The van der Waals surface area contributed by atoms with Crippen LogP contribution < -0.4 is 10.5 Å². The predicted molar refractivity (Wildman–Crippen MR) is 63.5 cm³/mol. The van der Waals surface area contributed by atoms with Gasteiger partial charge in [-0.15, -0.1) is 12.4 Å². The fraction of sp³-hybridized carbons (Fsp3) is 0.400. The summed E-state index contributed by atoms with van der Waals surface area (Å²) in [5.74, 6) is -1.17. The van der Waals surface area contributed by atoms with Gasteiger partial charge in [0.05, 0.1) is 24.2 Å². The van der Waals surface area contributed by atoms with Crippen LogP contribution in [0.4, 0.5) is 10.1 Å². The van der Waals surface area contributed by atoms with E-state index >= 15 is 0 Å². The zero-order chi connectivity index (χ0) is 12.4.